The molecule has 0 aliphatic rings. The van der Waals surface area contributed by atoms with Gasteiger partial charge in [-0.25, -0.2) is 4.39 Å². The Labute approximate surface area is 146 Å². The number of amides is 1. The van der Waals surface area contributed by atoms with E-state index < -0.39 is 11.7 Å². The maximum absolute atomic E-state index is 13.8. The summed E-state index contributed by atoms with van der Waals surface area (Å²) in [5.74, 6) is -2.05. The first kappa shape index (κ1) is 19.7. The quantitative estimate of drug-likeness (QED) is 0.273. The molecule has 0 spiro atoms. The van der Waals surface area contributed by atoms with Crippen molar-refractivity contribution in [2.24, 2.45) is 16.4 Å². The molecule has 0 bridgehead atoms. The molecule has 1 amide bonds. The third-order valence-corrected chi connectivity index (χ3v) is 6.07. The van der Waals surface area contributed by atoms with Gasteiger partial charge >= 0.3 is 0 Å². The lowest BCUT2D eigenvalue weighted by molar-refractivity contribution is -0.117. The summed E-state index contributed by atoms with van der Waals surface area (Å²) < 4.78 is 14.2. The van der Waals surface area contributed by atoms with Crippen molar-refractivity contribution in [1.82, 2.24) is 0 Å². The van der Waals surface area contributed by atoms with Crippen LogP contribution in [0, 0.1) is 17.2 Å². The summed E-state index contributed by atoms with van der Waals surface area (Å²) in [5.41, 5.74) is 7.77. The van der Waals surface area contributed by atoms with Crippen molar-refractivity contribution in [2.75, 3.05) is 0 Å². The molecule has 1 rings (SSSR count). The number of thioether (sulfide) groups is 1. The minimum Gasteiger partial charge on any atom is -0.287 e. The minimum atomic E-state index is -1.02. The predicted octanol–water partition coefficient (Wildman–Crippen LogP) is 5.73. The van der Waals surface area contributed by atoms with E-state index in [0.29, 0.717) is 9.37 Å². The van der Waals surface area contributed by atoms with E-state index in [0.717, 1.165) is 24.2 Å². The van der Waals surface area contributed by atoms with Gasteiger partial charge in [-0.05, 0) is 44.1 Å². The van der Waals surface area contributed by atoms with Gasteiger partial charge in [-0.2, -0.15) is 0 Å². The van der Waals surface area contributed by atoms with Crippen molar-refractivity contribution >= 4 is 38.7 Å². The monoisotopic (exact) mass is 401 g/mol. The first-order valence-corrected chi connectivity index (χ1v) is 8.55. The molecule has 124 valence electrons. The van der Waals surface area contributed by atoms with Gasteiger partial charge in [0.05, 0.1) is 5.56 Å². The molecule has 23 heavy (non-hydrogen) atoms. The molecule has 0 saturated carbocycles. The van der Waals surface area contributed by atoms with Crippen LogP contribution in [-0.2, 0) is 4.79 Å². The van der Waals surface area contributed by atoms with Crippen LogP contribution in [0.5, 0.6) is 0 Å². The van der Waals surface area contributed by atoms with Crippen molar-refractivity contribution in [1.29, 1.82) is 0 Å². The fourth-order valence-corrected chi connectivity index (χ4v) is 3.29. The zero-order valence-electron chi connectivity index (χ0n) is 13.3. The topological polar surface area (TPSA) is 82.9 Å². The summed E-state index contributed by atoms with van der Waals surface area (Å²) in [6, 6.07) is 2.32. The molecule has 0 radical (unpaired) electrons. The van der Waals surface area contributed by atoms with Gasteiger partial charge in [0.25, 0.3) is 5.91 Å². The van der Waals surface area contributed by atoms with Crippen molar-refractivity contribution < 1.29 is 14.0 Å². The summed E-state index contributed by atoms with van der Waals surface area (Å²) in [6.45, 7) is 7.88. The summed E-state index contributed by atoms with van der Waals surface area (Å²) in [5, 5.41) is 2.81. The van der Waals surface area contributed by atoms with E-state index in [1.165, 1.54) is 6.07 Å². The lowest BCUT2D eigenvalue weighted by atomic mass is 9.78. The number of carbonyl (C=O) groups is 2. The van der Waals surface area contributed by atoms with E-state index in [1.54, 1.807) is 0 Å². The van der Waals surface area contributed by atoms with Crippen LogP contribution in [0.4, 0.5) is 4.39 Å². The molecular formula is C15H17BrFN3O2S. The van der Waals surface area contributed by atoms with E-state index in [4.69, 9.17) is 5.53 Å². The Kier molecular flexibility index (Phi) is 6.80. The van der Waals surface area contributed by atoms with E-state index >= 15 is 0 Å². The van der Waals surface area contributed by atoms with Gasteiger partial charge in [0.1, 0.15) is 5.82 Å². The average Bonchev–Trinajstić information content (AvgIpc) is 2.49. The molecule has 8 heteroatoms. The molecule has 1 aromatic carbocycles. The Morgan fingerprint density at radius 1 is 1.48 bits per heavy atom. The van der Waals surface area contributed by atoms with Crippen molar-refractivity contribution in [3.8, 4) is 0 Å². The van der Waals surface area contributed by atoms with E-state index in [-0.39, 0.29) is 22.0 Å². The van der Waals surface area contributed by atoms with Crippen molar-refractivity contribution in [2.45, 2.75) is 39.0 Å². The number of hydrogen-bond acceptors (Lipinski definition) is 3. The fourth-order valence-electron chi connectivity index (χ4n) is 1.69. The lowest BCUT2D eigenvalue weighted by Gasteiger charge is -2.29. The van der Waals surface area contributed by atoms with Gasteiger partial charge < -0.3 is 0 Å². The fraction of sp³-hybridized carbons (Fsp3) is 0.467. The van der Waals surface area contributed by atoms with Crippen molar-refractivity contribution in [3.05, 3.63) is 38.4 Å². The molecule has 1 atom stereocenters. The predicted molar refractivity (Wildman–Crippen MR) is 91.7 cm³/mol. The molecule has 5 nitrogen and oxygen atoms in total. The molecule has 1 unspecified atom stereocenters. The first-order valence-electron chi connectivity index (χ1n) is 6.94. The Morgan fingerprint density at radius 2 is 2.09 bits per heavy atom. The Balaban J connectivity index is 3.14. The second-order valence-corrected chi connectivity index (χ2v) is 7.64. The van der Waals surface area contributed by atoms with Gasteiger partial charge in [0.15, 0.2) is 5.12 Å². The number of halogens is 2. The van der Waals surface area contributed by atoms with E-state index in [1.807, 2.05) is 27.7 Å². The number of hydrogen-bond donors (Lipinski definition) is 0. The first-order chi connectivity index (χ1) is 10.6. The molecular weight excluding hydrogens is 385 g/mol. The number of azide groups is 1. The number of rotatable bonds is 5. The highest BCUT2D eigenvalue weighted by molar-refractivity contribution is 9.10. The average molecular weight is 402 g/mol. The van der Waals surface area contributed by atoms with Crippen LogP contribution in [-0.4, -0.2) is 11.0 Å². The van der Waals surface area contributed by atoms with Crippen molar-refractivity contribution in [3.63, 3.8) is 0 Å². The molecule has 0 saturated heterocycles. The highest BCUT2D eigenvalue weighted by Gasteiger charge is 2.30. The minimum absolute atomic E-state index is 0.0775. The summed E-state index contributed by atoms with van der Waals surface area (Å²) in [6.07, 6.45) is 0.839. The molecule has 0 fully saturated rings. The molecule has 0 aromatic heterocycles. The Bertz CT molecular complexity index is 688. The standard InChI is InChI=1S/C15H17BrFN3O2S/c1-5-15(3,4)8(2)14(22)23-12-6-9(13(21)19-20-18)11(17)7-10(12)16/h6-8H,5H2,1-4H3. The van der Waals surface area contributed by atoms with Crippen LogP contribution in [0.25, 0.3) is 10.4 Å². The zero-order chi connectivity index (χ0) is 17.8. The second-order valence-electron chi connectivity index (χ2n) is 5.74. The van der Waals surface area contributed by atoms with Gasteiger partial charge in [0, 0.05) is 20.2 Å². The van der Waals surface area contributed by atoms with E-state index in [9.17, 15) is 14.0 Å². The summed E-state index contributed by atoms with van der Waals surface area (Å²) in [7, 11) is 0. The molecule has 0 heterocycles. The lowest BCUT2D eigenvalue weighted by Crippen LogP contribution is -2.26. The number of benzene rings is 1. The SMILES string of the molecule is CCC(C)(C)C(C)C(=O)Sc1cc(C(=O)N=[N+]=[N-])c(F)cc1Br. The van der Waals surface area contributed by atoms with Crippen LogP contribution in [0.15, 0.2) is 26.6 Å². The van der Waals surface area contributed by atoms with Gasteiger partial charge in [0.2, 0.25) is 0 Å². The summed E-state index contributed by atoms with van der Waals surface area (Å²) >= 11 is 4.13. The molecule has 0 N–H and O–H groups in total. The largest absolute Gasteiger partial charge is 0.287 e. The van der Waals surface area contributed by atoms with Crippen LogP contribution in [0.1, 0.15) is 44.5 Å². The smallest absolute Gasteiger partial charge is 0.252 e. The van der Waals surface area contributed by atoms with Gasteiger partial charge in [-0.3, -0.25) is 9.59 Å². The maximum atomic E-state index is 13.8. The third-order valence-electron chi connectivity index (χ3n) is 4.04. The Hall–Kier alpha value is -1.37. The summed E-state index contributed by atoms with van der Waals surface area (Å²) in [4.78, 5) is 26.8. The zero-order valence-corrected chi connectivity index (χ0v) is 15.7. The van der Waals surface area contributed by atoms with Crippen LogP contribution >= 0.6 is 27.7 Å². The van der Waals surface area contributed by atoms with Gasteiger partial charge in [-0.1, -0.05) is 45.9 Å². The number of nitrogens with zero attached hydrogens (tertiary/aromatic N) is 3. The highest BCUT2D eigenvalue weighted by atomic mass is 79.9. The molecule has 0 aliphatic heterocycles. The maximum Gasteiger partial charge on any atom is 0.252 e. The van der Waals surface area contributed by atoms with Gasteiger partial charge in [-0.15, -0.1) is 0 Å². The molecule has 0 aliphatic carbocycles. The normalized spacial score (nSPS) is 12.4. The Morgan fingerprint density at radius 3 is 2.61 bits per heavy atom. The third kappa shape index (κ3) is 4.80. The van der Waals surface area contributed by atoms with Crippen LogP contribution in [0.2, 0.25) is 0 Å². The van der Waals surface area contributed by atoms with Crippen LogP contribution < -0.4 is 0 Å². The molecule has 1 aromatic rings. The number of carbonyl (C=O) groups excluding carboxylic acids is 2. The van der Waals surface area contributed by atoms with Crippen LogP contribution in [0.3, 0.4) is 0 Å². The van der Waals surface area contributed by atoms with E-state index in [2.05, 4.69) is 26.0 Å². The second kappa shape index (κ2) is 7.95. The highest BCUT2D eigenvalue weighted by Crippen LogP contribution is 2.38.